The van der Waals surface area contributed by atoms with E-state index >= 15 is 0 Å². The highest BCUT2D eigenvalue weighted by Crippen LogP contribution is 2.32. The third-order valence-corrected chi connectivity index (χ3v) is 4.80. The summed E-state index contributed by atoms with van der Waals surface area (Å²) in [5.74, 6) is 1.77. The van der Waals surface area contributed by atoms with Gasteiger partial charge in [-0.25, -0.2) is 0 Å². The molecule has 114 valence electrons. The SMILES string of the molecule is CC1(CNCC2CCCCC2)C=Cc2cc(Cl)ccc2O1. The van der Waals surface area contributed by atoms with Crippen molar-refractivity contribution in [3.63, 3.8) is 0 Å². The maximum Gasteiger partial charge on any atom is 0.137 e. The van der Waals surface area contributed by atoms with Gasteiger partial charge in [-0.3, -0.25) is 0 Å². The molecule has 0 radical (unpaired) electrons. The number of hydrogen-bond acceptors (Lipinski definition) is 2. The molecule has 2 nitrogen and oxygen atoms in total. The average molecular weight is 306 g/mol. The van der Waals surface area contributed by atoms with Crippen molar-refractivity contribution in [2.75, 3.05) is 13.1 Å². The van der Waals surface area contributed by atoms with Gasteiger partial charge in [-0.15, -0.1) is 0 Å². The Labute approximate surface area is 132 Å². The minimum absolute atomic E-state index is 0.268. The van der Waals surface area contributed by atoms with E-state index in [0.29, 0.717) is 0 Å². The Morgan fingerprint density at radius 3 is 2.90 bits per heavy atom. The minimum Gasteiger partial charge on any atom is -0.482 e. The molecule has 0 saturated heterocycles. The van der Waals surface area contributed by atoms with Gasteiger partial charge in [0.15, 0.2) is 0 Å². The smallest absolute Gasteiger partial charge is 0.137 e. The van der Waals surface area contributed by atoms with Crippen LogP contribution in [0.2, 0.25) is 5.02 Å². The molecule has 1 unspecified atom stereocenters. The van der Waals surface area contributed by atoms with Gasteiger partial charge >= 0.3 is 0 Å². The lowest BCUT2D eigenvalue weighted by molar-refractivity contribution is 0.133. The van der Waals surface area contributed by atoms with Crippen LogP contribution in [0, 0.1) is 5.92 Å². The average Bonchev–Trinajstić information content (AvgIpc) is 2.49. The van der Waals surface area contributed by atoms with Gasteiger partial charge in [-0.05, 0) is 56.5 Å². The van der Waals surface area contributed by atoms with Crippen molar-refractivity contribution >= 4 is 17.7 Å². The Morgan fingerprint density at radius 2 is 2.10 bits per heavy atom. The van der Waals surface area contributed by atoms with Crippen LogP contribution in [-0.4, -0.2) is 18.7 Å². The molecule has 2 aliphatic rings. The van der Waals surface area contributed by atoms with Gasteiger partial charge in [0.1, 0.15) is 11.4 Å². The summed E-state index contributed by atoms with van der Waals surface area (Å²) in [6.45, 7) is 4.09. The molecular weight excluding hydrogens is 282 g/mol. The van der Waals surface area contributed by atoms with Gasteiger partial charge in [0.05, 0.1) is 0 Å². The molecule has 1 aromatic carbocycles. The van der Waals surface area contributed by atoms with Crippen LogP contribution in [-0.2, 0) is 0 Å². The van der Waals surface area contributed by atoms with Crippen molar-refractivity contribution in [1.29, 1.82) is 0 Å². The molecular formula is C18H24ClNO. The van der Waals surface area contributed by atoms with Gasteiger partial charge in [0, 0.05) is 17.1 Å². The highest BCUT2D eigenvalue weighted by atomic mass is 35.5. The number of benzene rings is 1. The van der Waals surface area contributed by atoms with E-state index in [1.54, 1.807) is 0 Å². The summed E-state index contributed by atoms with van der Waals surface area (Å²) < 4.78 is 6.16. The van der Waals surface area contributed by atoms with Crippen LogP contribution in [0.25, 0.3) is 6.08 Å². The van der Waals surface area contributed by atoms with Crippen molar-refractivity contribution in [2.45, 2.75) is 44.6 Å². The van der Waals surface area contributed by atoms with E-state index in [4.69, 9.17) is 16.3 Å². The number of fused-ring (bicyclic) bond motifs is 1. The topological polar surface area (TPSA) is 21.3 Å². The Bertz CT molecular complexity index is 522. The van der Waals surface area contributed by atoms with E-state index in [1.165, 1.54) is 32.1 Å². The predicted octanol–water partition coefficient (Wildman–Crippen LogP) is 4.67. The summed E-state index contributed by atoms with van der Waals surface area (Å²) in [6, 6.07) is 5.79. The second kappa shape index (κ2) is 6.41. The van der Waals surface area contributed by atoms with Gasteiger partial charge in [0.2, 0.25) is 0 Å². The molecule has 1 aliphatic heterocycles. The molecule has 1 aliphatic carbocycles. The van der Waals surface area contributed by atoms with Crippen molar-refractivity contribution in [3.05, 3.63) is 34.9 Å². The number of hydrogen-bond donors (Lipinski definition) is 1. The first-order chi connectivity index (χ1) is 10.1. The summed E-state index contributed by atoms with van der Waals surface area (Å²) in [5, 5.41) is 4.36. The highest BCUT2D eigenvalue weighted by molar-refractivity contribution is 6.30. The first kappa shape index (κ1) is 14.9. The first-order valence-electron chi connectivity index (χ1n) is 8.03. The molecule has 21 heavy (non-hydrogen) atoms. The summed E-state index contributed by atoms with van der Waals surface area (Å²) >= 11 is 6.02. The molecule has 0 amide bonds. The second-order valence-electron chi connectivity index (χ2n) is 6.57. The van der Waals surface area contributed by atoms with Crippen molar-refractivity contribution in [3.8, 4) is 5.75 Å². The van der Waals surface area contributed by atoms with Crippen molar-refractivity contribution in [2.24, 2.45) is 5.92 Å². The van der Waals surface area contributed by atoms with Crippen LogP contribution >= 0.6 is 11.6 Å². The molecule has 3 rings (SSSR count). The summed E-state index contributed by atoms with van der Waals surface area (Å²) in [4.78, 5) is 0. The fourth-order valence-electron chi connectivity index (χ4n) is 3.30. The van der Waals surface area contributed by atoms with E-state index in [2.05, 4.69) is 24.4 Å². The number of ether oxygens (including phenoxy) is 1. The Kier molecular flexibility index (Phi) is 4.56. The first-order valence-corrected chi connectivity index (χ1v) is 8.41. The second-order valence-corrected chi connectivity index (χ2v) is 7.00. The van der Waals surface area contributed by atoms with Crippen LogP contribution < -0.4 is 10.1 Å². The molecule has 3 heteroatoms. The quantitative estimate of drug-likeness (QED) is 0.872. The van der Waals surface area contributed by atoms with E-state index < -0.39 is 0 Å². The summed E-state index contributed by atoms with van der Waals surface area (Å²) in [6.07, 6.45) is 11.2. The fraction of sp³-hybridized carbons (Fsp3) is 0.556. The van der Waals surface area contributed by atoms with E-state index in [1.807, 2.05) is 18.2 Å². The molecule has 0 spiro atoms. The fourth-order valence-corrected chi connectivity index (χ4v) is 3.49. The molecule has 1 heterocycles. The third kappa shape index (κ3) is 3.81. The van der Waals surface area contributed by atoms with Crippen LogP contribution in [0.3, 0.4) is 0 Å². The Hall–Kier alpha value is -0.990. The number of nitrogens with one attached hydrogen (secondary N) is 1. The van der Waals surface area contributed by atoms with Gasteiger partial charge < -0.3 is 10.1 Å². The third-order valence-electron chi connectivity index (χ3n) is 4.56. The molecule has 0 aromatic heterocycles. The van der Waals surface area contributed by atoms with E-state index in [0.717, 1.165) is 35.3 Å². The van der Waals surface area contributed by atoms with Gasteiger partial charge in [-0.1, -0.05) is 36.9 Å². The van der Waals surface area contributed by atoms with Crippen LogP contribution in [0.5, 0.6) is 5.75 Å². The lowest BCUT2D eigenvalue weighted by Gasteiger charge is -2.33. The highest BCUT2D eigenvalue weighted by Gasteiger charge is 2.27. The van der Waals surface area contributed by atoms with E-state index in [-0.39, 0.29) is 5.60 Å². The zero-order chi connectivity index (χ0) is 14.7. The van der Waals surface area contributed by atoms with Crippen molar-refractivity contribution < 1.29 is 4.74 Å². The predicted molar refractivity (Wildman–Crippen MR) is 89.0 cm³/mol. The van der Waals surface area contributed by atoms with Crippen LogP contribution in [0.4, 0.5) is 0 Å². The maximum absolute atomic E-state index is 6.16. The monoisotopic (exact) mass is 305 g/mol. The summed E-state index contributed by atoms with van der Waals surface area (Å²) in [7, 11) is 0. The Morgan fingerprint density at radius 1 is 1.29 bits per heavy atom. The molecule has 0 bridgehead atoms. The normalized spacial score (nSPS) is 25.4. The lowest BCUT2D eigenvalue weighted by atomic mass is 9.89. The lowest BCUT2D eigenvalue weighted by Crippen LogP contribution is -2.44. The van der Waals surface area contributed by atoms with Gasteiger partial charge in [0.25, 0.3) is 0 Å². The van der Waals surface area contributed by atoms with Crippen molar-refractivity contribution in [1.82, 2.24) is 5.32 Å². The molecule has 1 N–H and O–H groups in total. The molecule has 1 fully saturated rings. The molecule has 1 aromatic rings. The van der Waals surface area contributed by atoms with Crippen LogP contribution in [0.15, 0.2) is 24.3 Å². The van der Waals surface area contributed by atoms with Gasteiger partial charge in [-0.2, -0.15) is 0 Å². The molecule has 1 atom stereocenters. The Balaban J connectivity index is 1.55. The van der Waals surface area contributed by atoms with Crippen LogP contribution in [0.1, 0.15) is 44.6 Å². The number of halogens is 1. The summed E-state index contributed by atoms with van der Waals surface area (Å²) in [5.41, 5.74) is 0.794. The maximum atomic E-state index is 6.16. The molecule has 1 saturated carbocycles. The number of rotatable bonds is 4. The largest absolute Gasteiger partial charge is 0.482 e. The zero-order valence-electron chi connectivity index (χ0n) is 12.7. The zero-order valence-corrected chi connectivity index (χ0v) is 13.5. The standard InChI is InChI=1S/C18H24ClNO/c1-18(13-20-12-14-5-3-2-4-6-14)10-9-15-11-16(19)7-8-17(15)21-18/h7-11,14,20H,2-6,12-13H2,1H3. The van der Waals surface area contributed by atoms with E-state index in [9.17, 15) is 0 Å². The minimum atomic E-state index is -0.268.